The van der Waals surface area contributed by atoms with Gasteiger partial charge in [0.25, 0.3) is 0 Å². The van der Waals surface area contributed by atoms with Gasteiger partial charge in [-0.25, -0.2) is 0 Å². The molecular weight excluding hydrogens is 88.1 g/mol. The lowest BCUT2D eigenvalue weighted by Crippen LogP contribution is -2.33. The minimum Gasteiger partial charge on any atom is -0.330 e. The number of terminal acetylenes is 1. The van der Waals surface area contributed by atoms with Gasteiger partial charge in [0.05, 0.1) is 6.17 Å². The van der Waals surface area contributed by atoms with E-state index in [2.05, 4.69) is 16.7 Å². The first-order valence-corrected chi connectivity index (χ1v) is 2.19. The van der Waals surface area contributed by atoms with Crippen LogP contribution in [0.3, 0.4) is 0 Å². The zero-order valence-electron chi connectivity index (χ0n) is 4.65. The highest BCUT2D eigenvalue weighted by Gasteiger charge is 1.86. The summed E-state index contributed by atoms with van der Waals surface area (Å²) < 4.78 is 0. The van der Waals surface area contributed by atoms with Crippen LogP contribution in [0.5, 0.6) is 0 Å². The molecule has 1 atom stereocenters. The molecule has 7 heavy (non-hydrogen) atoms. The van der Waals surface area contributed by atoms with Crippen LogP contribution < -0.4 is 10.6 Å². The van der Waals surface area contributed by atoms with Gasteiger partial charge in [0.2, 0.25) is 0 Å². The summed E-state index contributed by atoms with van der Waals surface area (Å²) in [6.07, 6.45) is 5.12. The van der Waals surface area contributed by atoms with Crippen molar-refractivity contribution in [3.8, 4) is 12.5 Å². The summed E-state index contributed by atoms with van der Waals surface area (Å²) in [5, 5.41) is 5.62. The number of hydrogen-bond acceptors (Lipinski definition) is 2. The van der Waals surface area contributed by atoms with Crippen LogP contribution >= 0.6 is 0 Å². The molecule has 2 heteroatoms. The Hall–Kier alpha value is -0.680. The van der Waals surface area contributed by atoms with E-state index in [1.54, 1.807) is 0 Å². The van der Waals surface area contributed by atoms with E-state index in [1.165, 1.54) is 0 Å². The summed E-state index contributed by atoms with van der Waals surface area (Å²) in [7, 11) is 1.84. The molecule has 0 saturated heterocycles. The van der Waals surface area contributed by atoms with Crippen LogP contribution in [0.2, 0.25) is 0 Å². The fourth-order valence-corrected chi connectivity index (χ4v) is 0.197. The molecule has 2 nitrogen and oxygen atoms in total. The van der Waals surface area contributed by atoms with Crippen molar-refractivity contribution in [3.63, 3.8) is 0 Å². The third-order valence-corrected chi connectivity index (χ3v) is 0.733. The molecule has 0 aliphatic rings. The van der Waals surface area contributed by atoms with Crippen LogP contribution in [-0.4, -0.2) is 13.2 Å². The first kappa shape index (κ1) is 6.32. The molecule has 0 aliphatic heterocycles. The molecule has 0 saturated carbocycles. The van der Waals surface area contributed by atoms with Crippen LogP contribution in [0.15, 0.2) is 0 Å². The number of hydrogen-bond donors (Lipinski definition) is 2. The summed E-state index contributed by atoms with van der Waals surface area (Å²) in [4.78, 5) is 0. The largest absolute Gasteiger partial charge is 0.330 e. The van der Waals surface area contributed by atoms with Gasteiger partial charge in [0.1, 0.15) is 0 Å². The Balaban J connectivity index is 3.03. The standard InChI is InChI=1S/C5H10N2/c1-4-7-5(2)6-3/h1,5-7H,2-3H3. The molecule has 0 amide bonds. The fraction of sp³-hybridized carbons (Fsp3) is 0.600. The zero-order chi connectivity index (χ0) is 5.70. The van der Waals surface area contributed by atoms with Crippen molar-refractivity contribution >= 4 is 0 Å². The lowest BCUT2D eigenvalue weighted by Gasteiger charge is -2.05. The van der Waals surface area contributed by atoms with Gasteiger partial charge in [0, 0.05) is 6.04 Å². The average Bonchev–Trinajstić information content (AvgIpc) is 1.68. The van der Waals surface area contributed by atoms with Crippen LogP contribution in [0.1, 0.15) is 6.92 Å². The van der Waals surface area contributed by atoms with Gasteiger partial charge in [-0.3, -0.25) is 0 Å². The Labute approximate surface area is 44.3 Å². The topological polar surface area (TPSA) is 24.1 Å². The quantitative estimate of drug-likeness (QED) is 0.282. The van der Waals surface area contributed by atoms with Crippen molar-refractivity contribution in [1.29, 1.82) is 0 Å². The molecule has 0 bridgehead atoms. The molecule has 0 rings (SSSR count). The lowest BCUT2D eigenvalue weighted by atomic mass is 10.6. The van der Waals surface area contributed by atoms with E-state index >= 15 is 0 Å². The summed E-state index contributed by atoms with van der Waals surface area (Å²) in [5.74, 6) is 0. The monoisotopic (exact) mass is 98.1 g/mol. The van der Waals surface area contributed by atoms with Crippen LogP contribution in [-0.2, 0) is 0 Å². The minimum absolute atomic E-state index is 0.213. The van der Waals surface area contributed by atoms with Gasteiger partial charge < -0.3 is 10.6 Å². The van der Waals surface area contributed by atoms with Crippen molar-refractivity contribution in [1.82, 2.24) is 10.6 Å². The molecule has 0 fully saturated rings. The Kier molecular flexibility index (Phi) is 3.17. The fourth-order valence-electron chi connectivity index (χ4n) is 0.197. The summed E-state index contributed by atoms with van der Waals surface area (Å²) in [6, 6.07) is 2.31. The molecular formula is C5H10N2. The Bertz CT molecular complexity index is 72.6. The second-order valence-electron chi connectivity index (χ2n) is 1.30. The van der Waals surface area contributed by atoms with Crippen molar-refractivity contribution in [2.24, 2.45) is 0 Å². The third-order valence-electron chi connectivity index (χ3n) is 0.733. The Morgan fingerprint density at radius 3 is 2.43 bits per heavy atom. The van der Waals surface area contributed by atoms with Gasteiger partial charge in [-0.1, -0.05) is 6.42 Å². The van der Waals surface area contributed by atoms with E-state index in [1.807, 2.05) is 14.0 Å². The maximum absolute atomic E-state index is 4.90. The van der Waals surface area contributed by atoms with E-state index in [-0.39, 0.29) is 6.17 Å². The molecule has 0 spiro atoms. The van der Waals surface area contributed by atoms with E-state index < -0.39 is 0 Å². The highest BCUT2D eigenvalue weighted by atomic mass is 15.1. The summed E-state index contributed by atoms with van der Waals surface area (Å²) in [6.45, 7) is 1.94. The molecule has 0 radical (unpaired) electrons. The molecule has 2 N–H and O–H groups in total. The Morgan fingerprint density at radius 2 is 2.29 bits per heavy atom. The summed E-state index contributed by atoms with van der Waals surface area (Å²) >= 11 is 0. The van der Waals surface area contributed by atoms with Gasteiger partial charge >= 0.3 is 0 Å². The molecule has 0 aromatic heterocycles. The zero-order valence-corrected chi connectivity index (χ0v) is 4.65. The van der Waals surface area contributed by atoms with Gasteiger partial charge in [-0.2, -0.15) is 0 Å². The van der Waals surface area contributed by atoms with E-state index in [0.29, 0.717) is 0 Å². The third kappa shape index (κ3) is 3.14. The predicted molar refractivity (Wildman–Crippen MR) is 30.5 cm³/mol. The van der Waals surface area contributed by atoms with Crippen molar-refractivity contribution in [3.05, 3.63) is 0 Å². The van der Waals surface area contributed by atoms with Crippen LogP contribution in [0, 0.1) is 12.5 Å². The van der Waals surface area contributed by atoms with Crippen LogP contribution in [0.25, 0.3) is 0 Å². The summed E-state index contributed by atoms with van der Waals surface area (Å²) in [5.41, 5.74) is 0. The van der Waals surface area contributed by atoms with Crippen molar-refractivity contribution in [2.45, 2.75) is 13.1 Å². The molecule has 0 aromatic carbocycles. The maximum atomic E-state index is 4.90. The molecule has 0 aliphatic carbocycles. The average molecular weight is 98.1 g/mol. The SMILES string of the molecule is C#CNC(C)NC. The first-order chi connectivity index (χ1) is 3.31. The maximum Gasteiger partial charge on any atom is 0.0811 e. The molecule has 1 unspecified atom stereocenters. The lowest BCUT2D eigenvalue weighted by molar-refractivity contribution is 0.570. The van der Waals surface area contributed by atoms with E-state index in [9.17, 15) is 0 Å². The van der Waals surface area contributed by atoms with Gasteiger partial charge in [-0.15, -0.1) is 0 Å². The van der Waals surface area contributed by atoms with Crippen LogP contribution in [0.4, 0.5) is 0 Å². The number of rotatable bonds is 2. The highest BCUT2D eigenvalue weighted by molar-refractivity contribution is 4.81. The number of nitrogens with one attached hydrogen (secondary N) is 2. The second-order valence-corrected chi connectivity index (χ2v) is 1.30. The Morgan fingerprint density at radius 1 is 1.71 bits per heavy atom. The van der Waals surface area contributed by atoms with E-state index in [4.69, 9.17) is 6.42 Å². The second kappa shape index (κ2) is 3.51. The smallest absolute Gasteiger partial charge is 0.0811 e. The normalized spacial score (nSPS) is 12.1. The first-order valence-electron chi connectivity index (χ1n) is 2.19. The van der Waals surface area contributed by atoms with Gasteiger partial charge in [0.15, 0.2) is 0 Å². The molecule has 0 aromatic rings. The highest BCUT2D eigenvalue weighted by Crippen LogP contribution is 1.64. The predicted octanol–water partition coefficient (Wildman–Crippen LogP) is -0.268. The van der Waals surface area contributed by atoms with Crippen molar-refractivity contribution < 1.29 is 0 Å². The molecule has 40 valence electrons. The van der Waals surface area contributed by atoms with Crippen molar-refractivity contribution in [2.75, 3.05) is 7.05 Å². The van der Waals surface area contributed by atoms with E-state index in [0.717, 1.165) is 0 Å². The molecule has 0 heterocycles. The minimum atomic E-state index is 0.213. The van der Waals surface area contributed by atoms with Gasteiger partial charge in [-0.05, 0) is 14.0 Å².